The maximum absolute atomic E-state index is 6.05. The Hall–Kier alpha value is -0.0400. The van der Waals surface area contributed by atoms with Gasteiger partial charge in [0.25, 0.3) is 0 Å². The summed E-state index contributed by atoms with van der Waals surface area (Å²) >= 11 is 0. The molecule has 3 aliphatic rings. The van der Waals surface area contributed by atoms with E-state index in [1.807, 2.05) is 0 Å². The van der Waals surface area contributed by atoms with Crippen LogP contribution in [0.3, 0.4) is 0 Å². The highest BCUT2D eigenvalue weighted by Gasteiger charge is 2.44. The van der Waals surface area contributed by atoms with Crippen molar-refractivity contribution in [3.63, 3.8) is 0 Å². The smallest absolute Gasteiger partial charge is 0.0578 e. The minimum Gasteiger partial charge on any atom is -0.378 e. The van der Waals surface area contributed by atoms with Crippen LogP contribution in [0, 0.1) is 29.6 Å². The van der Waals surface area contributed by atoms with Gasteiger partial charge in [0.2, 0.25) is 0 Å². The fourth-order valence-corrected chi connectivity index (χ4v) is 5.66. The van der Waals surface area contributed by atoms with Gasteiger partial charge in [0.05, 0.1) is 6.10 Å². The summed E-state index contributed by atoms with van der Waals surface area (Å²) in [6, 6.07) is 0. The molecule has 0 aliphatic heterocycles. The van der Waals surface area contributed by atoms with E-state index in [9.17, 15) is 0 Å². The van der Waals surface area contributed by atoms with E-state index < -0.39 is 0 Å². The second-order valence-electron chi connectivity index (χ2n) is 7.82. The van der Waals surface area contributed by atoms with Gasteiger partial charge in [-0.2, -0.15) is 0 Å². The van der Waals surface area contributed by atoms with Crippen LogP contribution in [0.4, 0.5) is 0 Å². The molecule has 116 valence electrons. The maximum Gasteiger partial charge on any atom is 0.0578 e. The third-order valence-corrected chi connectivity index (χ3v) is 6.74. The monoisotopic (exact) mass is 278 g/mol. The zero-order valence-corrected chi connectivity index (χ0v) is 13.7. The molecule has 3 fully saturated rings. The predicted octanol–water partition coefficient (Wildman–Crippen LogP) is 5.43. The second-order valence-corrected chi connectivity index (χ2v) is 7.82. The van der Waals surface area contributed by atoms with Crippen molar-refractivity contribution in [2.24, 2.45) is 29.6 Å². The maximum atomic E-state index is 6.05. The molecule has 0 saturated heterocycles. The molecule has 0 spiro atoms. The van der Waals surface area contributed by atoms with Gasteiger partial charge in [0, 0.05) is 6.61 Å². The van der Waals surface area contributed by atoms with Crippen LogP contribution < -0.4 is 0 Å². The average molecular weight is 278 g/mol. The van der Waals surface area contributed by atoms with Crippen molar-refractivity contribution >= 4 is 0 Å². The van der Waals surface area contributed by atoms with Crippen LogP contribution in [-0.4, -0.2) is 12.7 Å². The number of hydrogen-bond acceptors (Lipinski definition) is 1. The van der Waals surface area contributed by atoms with E-state index in [2.05, 4.69) is 13.8 Å². The zero-order valence-electron chi connectivity index (χ0n) is 13.7. The Labute approximate surface area is 125 Å². The molecule has 3 saturated carbocycles. The summed E-state index contributed by atoms with van der Waals surface area (Å²) in [5, 5.41) is 0. The molecular weight excluding hydrogens is 244 g/mol. The second kappa shape index (κ2) is 6.81. The Bertz CT molecular complexity index is 300. The van der Waals surface area contributed by atoms with Crippen LogP contribution >= 0.6 is 0 Å². The highest BCUT2D eigenvalue weighted by atomic mass is 16.5. The molecule has 0 N–H and O–H groups in total. The standard InChI is InChI=1S/C19H34O/c1-3-11-20-17-8-10-19-16(13-17)7-6-15-12-14(4-2)5-9-18(15)19/h14-19H,3-13H2,1-2H3/t14-,15?,16?,17-,18?,19?/m0/s1. The largest absolute Gasteiger partial charge is 0.378 e. The molecule has 4 unspecified atom stereocenters. The third-order valence-electron chi connectivity index (χ3n) is 6.74. The van der Waals surface area contributed by atoms with Crippen molar-refractivity contribution in [2.45, 2.75) is 84.2 Å². The van der Waals surface area contributed by atoms with E-state index in [0.717, 1.165) is 36.2 Å². The Kier molecular flexibility index (Phi) is 5.07. The summed E-state index contributed by atoms with van der Waals surface area (Å²) in [7, 11) is 0. The van der Waals surface area contributed by atoms with E-state index in [-0.39, 0.29) is 0 Å². The van der Waals surface area contributed by atoms with Crippen molar-refractivity contribution in [2.75, 3.05) is 6.61 Å². The molecule has 0 radical (unpaired) electrons. The van der Waals surface area contributed by atoms with Crippen molar-refractivity contribution < 1.29 is 4.74 Å². The van der Waals surface area contributed by atoms with E-state index >= 15 is 0 Å². The van der Waals surface area contributed by atoms with Crippen molar-refractivity contribution in [1.29, 1.82) is 0 Å². The molecule has 3 aliphatic carbocycles. The molecular formula is C19H34O. The zero-order chi connectivity index (χ0) is 13.9. The first-order valence-electron chi connectivity index (χ1n) is 9.43. The van der Waals surface area contributed by atoms with Gasteiger partial charge in [-0.25, -0.2) is 0 Å². The SMILES string of the molecule is CCCO[C@H]1CCC2C(CCC3C[C@@H](CC)CCC32)C1. The molecule has 20 heavy (non-hydrogen) atoms. The van der Waals surface area contributed by atoms with Crippen LogP contribution in [0.15, 0.2) is 0 Å². The number of fused-ring (bicyclic) bond motifs is 3. The Morgan fingerprint density at radius 1 is 0.800 bits per heavy atom. The van der Waals surface area contributed by atoms with E-state index in [1.54, 1.807) is 12.8 Å². The highest BCUT2D eigenvalue weighted by molar-refractivity contribution is 4.94. The van der Waals surface area contributed by atoms with Crippen LogP contribution in [0.25, 0.3) is 0 Å². The molecule has 0 aromatic carbocycles. The Balaban J connectivity index is 1.56. The van der Waals surface area contributed by atoms with Gasteiger partial charge < -0.3 is 4.74 Å². The quantitative estimate of drug-likeness (QED) is 0.666. The Morgan fingerprint density at radius 2 is 1.50 bits per heavy atom. The van der Waals surface area contributed by atoms with Gasteiger partial charge in [0.1, 0.15) is 0 Å². The summed E-state index contributed by atoms with van der Waals surface area (Å²) < 4.78 is 6.05. The summed E-state index contributed by atoms with van der Waals surface area (Å²) in [4.78, 5) is 0. The minimum absolute atomic E-state index is 0.597. The van der Waals surface area contributed by atoms with Gasteiger partial charge in [-0.3, -0.25) is 0 Å². The van der Waals surface area contributed by atoms with E-state index in [4.69, 9.17) is 4.74 Å². The molecule has 0 amide bonds. The fraction of sp³-hybridized carbons (Fsp3) is 1.00. The third kappa shape index (κ3) is 3.08. The molecule has 0 heterocycles. The predicted molar refractivity (Wildman–Crippen MR) is 84.7 cm³/mol. The Morgan fingerprint density at radius 3 is 2.20 bits per heavy atom. The average Bonchev–Trinajstić information content (AvgIpc) is 2.51. The minimum atomic E-state index is 0.597. The molecule has 0 bridgehead atoms. The molecule has 1 heteroatoms. The lowest BCUT2D eigenvalue weighted by Crippen LogP contribution is -2.42. The van der Waals surface area contributed by atoms with E-state index in [0.29, 0.717) is 6.10 Å². The number of hydrogen-bond donors (Lipinski definition) is 0. The van der Waals surface area contributed by atoms with Crippen LogP contribution in [-0.2, 0) is 4.74 Å². The van der Waals surface area contributed by atoms with Gasteiger partial charge in [-0.1, -0.05) is 26.7 Å². The molecule has 0 aromatic rings. The summed E-state index contributed by atoms with van der Waals surface area (Å²) in [5.74, 6) is 5.29. The van der Waals surface area contributed by atoms with Gasteiger partial charge >= 0.3 is 0 Å². The van der Waals surface area contributed by atoms with Crippen molar-refractivity contribution in [3.05, 3.63) is 0 Å². The first-order chi connectivity index (χ1) is 9.81. The molecule has 6 atom stereocenters. The van der Waals surface area contributed by atoms with Crippen LogP contribution in [0.2, 0.25) is 0 Å². The first kappa shape index (κ1) is 14.9. The van der Waals surface area contributed by atoms with Gasteiger partial charge in [-0.05, 0) is 81.0 Å². The first-order valence-corrected chi connectivity index (χ1v) is 9.43. The fourth-order valence-electron chi connectivity index (χ4n) is 5.66. The summed E-state index contributed by atoms with van der Waals surface area (Å²) in [5.41, 5.74) is 0. The van der Waals surface area contributed by atoms with E-state index in [1.165, 1.54) is 51.4 Å². The van der Waals surface area contributed by atoms with Crippen molar-refractivity contribution in [3.8, 4) is 0 Å². The van der Waals surface area contributed by atoms with Crippen LogP contribution in [0.5, 0.6) is 0 Å². The van der Waals surface area contributed by atoms with Crippen LogP contribution in [0.1, 0.15) is 78.1 Å². The van der Waals surface area contributed by atoms with Crippen molar-refractivity contribution in [1.82, 2.24) is 0 Å². The summed E-state index contributed by atoms with van der Waals surface area (Å²) in [6.45, 7) is 5.60. The van der Waals surface area contributed by atoms with Gasteiger partial charge in [0.15, 0.2) is 0 Å². The summed E-state index contributed by atoms with van der Waals surface area (Å²) in [6.07, 6.45) is 15.1. The normalized spacial score (nSPS) is 44.7. The molecule has 1 nitrogen and oxygen atoms in total. The topological polar surface area (TPSA) is 9.23 Å². The lowest BCUT2D eigenvalue weighted by Gasteiger charge is -2.50. The number of ether oxygens (including phenoxy) is 1. The molecule has 3 rings (SSSR count). The molecule has 0 aromatic heterocycles. The number of rotatable bonds is 4. The lowest BCUT2D eigenvalue weighted by atomic mass is 9.56. The lowest BCUT2D eigenvalue weighted by molar-refractivity contribution is -0.0528. The van der Waals surface area contributed by atoms with Gasteiger partial charge in [-0.15, -0.1) is 0 Å². The highest BCUT2D eigenvalue weighted by Crippen LogP contribution is 2.53.